The Labute approximate surface area is 243 Å². The van der Waals surface area contributed by atoms with Crippen LogP contribution in [0.5, 0.6) is 5.75 Å². The number of unbranched alkanes of at least 4 members (excludes halogenated alkanes) is 1. The highest BCUT2D eigenvalue weighted by atomic mass is 19.1. The van der Waals surface area contributed by atoms with Crippen molar-refractivity contribution >= 4 is 28.6 Å². The van der Waals surface area contributed by atoms with Gasteiger partial charge in [-0.3, -0.25) is 14.6 Å². The molecule has 5 rings (SSSR count). The summed E-state index contributed by atoms with van der Waals surface area (Å²) in [5, 5.41) is 20.6. The molecule has 0 amide bonds. The van der Waals surface area contributed by atoms with E-state index in [2.05, 4.69) is 47.7 Å². The lowest BCUT2D eigenvalue weighted by Gasteiger charge is -2.25. The summed E-state index contributed by atoms with van der Waals surface area (Å²) in [5.41, 5.74) is 3.62. The molecule has 0 spiro atoms. The van der Waals surface area contributed by atoms with Crippen LogP contribution in [0, 0.1) is 5.82 Å². The molecule has 1 aliphatic rings. The number of fused-ring (bicyclic) bond motifs is 2. The first-order valence-corrected chi connectivity index (χ1v) is 14.3. The largest absolute Gasteiger partial charge is 0.491 e. The molecule has 3 N–H and O–H groups in total. The number of nitrogens with zero attached hydrogens (tertiary/aromatic N) is 7. The summed E-state index contributed by atoms with van der Waals surface area (Å²) in [6, 6.07) is 4.70. The molecule has 42 heavy (non-hydrogen) atoms. The number of ether oxygens (including phenoxy) is 1. The second-order valence-electron chi connectivity index (χ2n) is 10.4. The SMILES string of the molecule is Cn1ncc2ncnc(NC(CCN(CCCCc3ccc4c(n3)NCCC4)CCOc3cncc(F)c3)C(=O)O)c21. The van der Waals surface area contributed by atoms with Crippen molar-refractivity contribution in [3.8, 4) is 5.75 Å². The van der Waals surface area contributed by atoms with Gasteiger partial charge in [-0.1, -0.05) is 6.07 Å². The molecule has 0 saturated heterocycles. The zero-order valence-electron chi connectivity index (χ0n) is 23.7. The average molecular weight is 578 g/mol. The summed E-state index contributed by atoms with van der Waals surface area (Å²) in [4.78, 5) is 31.5. The second kappa shape index (κ2) is 14.0. The Hall–Kier alpha value is -4.39. The zero-order valence-corrected chi connectivity index (χ0v) is 23.7. The van der Waals surface area contributed by atoms with Crippen LogP contribution >= 0.6 is 0 Å². The zero-order chi connectivity index (χ0) is 29.3. The number of hydrogen-bond donors (Lipinski definition) is 3. The van der Waals surface area contributed by atoms with Gasteiger partial charge in [0.2, 0.25) is 0 Å². The summed E-state index contributed by atoms with van der Waals surface area (Å²) < 4.78 is 20.9. The highest BCUT2D eigenvalue weighted by Gasteiger charge is 2.21. The number of anilines is 2. The first kappa shape index (κ1) is 29.1. The first-order valence-electron chi connectivity index (χ1n) is 14.3. The third-order valence-electron chi connectivity index (χ3n) is 7.34. The number of hydrogen-bond acceptors (Lipinski definition) is 10. The van der Waals surface area contributed by atoms with Crippen LogP contribution in [0.1, 0.15) is 36.9 Å². The van der Waals surface area contributed by atoms with Gasteiger partial charge in [0.15, 0.2) is 5.82 Å². The first-order chi connectivity index (χ1) is 20.5. The van der Waals surface area contributed by atoms with Crippen LogP contribution in [0.15, 0.2) is 43.1 Å². The van der Waals surface area contributed by atoms with E-state index in [0.717, 1.165) is 62.9 Å². The fraction of sp³-hybridized carbons (Fsp3) is 0.448. The van der Waals surface area contributed by atoms with E-state index in [9.17, 15) is 14.3 Å². The van der Waals surface area contributed by atoms with Crippen molar-refractivity contribution in [2.24, 2.45) is 7.05 Å². The van der Waals surface area contributed by atoms with Crippen LogP contribution in [0.2, 0.25) is 0 Å². The number of aromatic nitrogens is 6. The van der Waals surface area contributed by atoms with Gasteiger partial charge in [-0.15, -0.1) is 0 Å². The van der Waals surface area contributed by atoms with Crippen LogP contribution in [-0.2, 0) is 24.7 Å². The summed E-state index contributed by atoms with van der Waals surface area (Å²) in [6.45, 7) is 3.08. The third kappa shape index (κ3) is 7.66. The number of carboxylic acid groups (broad SMARTS) is 1. The molecule has 1 aliphatic heterocycles. The number of halogens is 1. The molecule has 5 heterocycles. The Morgan fingerprint density at radius 1 is 1.21 bits per heavy atom. The van der Waals surface area contributed by atoms with E-state index >= 15 is 0 Å². The number of pyridine rings is 2. The molecular formula is C29H36FN9O3. The molecule has 1 unspecified atom stereocenters. The van der Waals surface area contributed by atoms with Gasteiger partial charge in [0.1, 0.15) is 47.4 Å². The van der Waals surface area contributed by atoms with E-state index in [0.29, 0.717) is 48.7 Å². The summed E-state index contributed by atoms with van der Waals surface area (Å²) in [7, 11) is 1.76. The van der Waals surface area contributed by atoms with E-state index in [1.807, 2.05) is 0 Å². The minimum Gasteiger partial charge on any atom is -0.491 e. The number of aryl methyl sites for hydroxylation is 3. The van der Waals surface area contributed by atoms with Gasteiger partial charge in [-0.25, -0.2) is 24.1 Å². The smallest absolute Gasteiger partial charge is 0.326 e. The fourth-order valence-corrected chi connectivity index (χ4v) is 5.09. The van der Waals surface area contributed by atoms with Crippen molar-refractivity contribution in [1.29, 1.82) is 0 Å². The Balaban J connectivity index is 1.18. The number of aliphatic carboxylic acids is 1. The minimum atomic E-state index is -0.974. The third-order valence-corrected chi connectivity index (χ3v) is 7.34. The monoisotopic (exact) mass is 577 g/mol. The highest BCUT2D eigenvalue weighted by molar-refractivity contribution is 5.87. The average Bonchev–Trinajstić information content (AvgIpc) is 3.38. The van der Waals surface area contributed by atoms with Crippen molar-refractivity contribution in [1.82, 2.24) is 34.6 Å². The number of nitrogens with one attached hydrogen (secondary N) is 2. The molecule has 0 fully saturated rings. The summed E-state index contributed by atoms with van der Waals surface area (Å²) in [6.07, 6.45) is 10.8. The van der Waals surface area contributed by atoms with E-state index in [1.54, 1.807) is 17.9 Å². The molecule has 4 aromatic rings. The quantitative estimate of drug-likeness (QED) is 0.179. The van der Waals surface area contributed by atoms with Gasteiger partial charge in [0.05, 0.1) is 18.6 Å². The van der Waals surface area contributed by atoms with Crippen molar-refractivity contribution in [3.05, 3.63) is 60.2 Å². The van der Waals surface area contributed by atoms with Crippen LogP contribution in [0.3, 0.4) is 0 Å². The molecule has 1 atom stereocenters. The Bertz CT molecular complexity index is 1500. The van der Waals surface area contributed by atoms with Gasteiger partial charge < -0.3 is 20.5 Å². The van der Waals surface area contributed by atoms with Crippen LogP contribution in [-0.4, -0.2) is 84.5 Å². The fourth-order valence-electron chi connectivity index (χ4n) is 5.09. The Morgan fingerprint density at radius 2 is 2.12 bits per heavy atom. The van der Waals surface area contributed by atoms with Crippen molar-refractivity contribution in [3.63, 3.8) is 0 Å². The Kier molecular flexibility index (Phi) is 9.70. The lowest BCUT2D eigenvalue weighted by Crippen LogP contribution is -2.37. The van der Waals surface area contributed by atoms with Gasteiger partial charge in [-0.05, 0) is 56.7 Å². The van der Waals surface area contributed by atoms with Crippen LogP contribution < -0.4 is 15.4 Å². The molecular weight excluding hydrogens is 541 g/mol. The molecule has 0 bridgehead atoms. The molecule has 0 aromatic carbocycles. The van der Waals surface area contributed by atoms with E-state index in [1.165, 1.54) is 24.2 Å². The van der Waals surface area contributed by atoms with E-state index < -0.39 is 17.8 Å². The molecule has 12 nitrogen and oxygen atoms in total. The number of carbonyl (C=O) groups is 1. The maximum Gasteiger partial charge on any atom is 0.326 e. The van der Waals surface area contributed by atoms with Gasteiger partial charge >= 0.3 is 5.97 Å². The van der Waals surface area contributed by atoms with E-state index in [-0.39, 0.29) is 0 Å². The summed E-state index contributed by atoms with van der Waals surface area (Å²) in [5.74, 6) is 0.351. The van der Waals surface area contributed by atoms with Gasteiger partial charge in [-0.2, -0.15) is 5.10 Å². The Morgan fingerprint density at radius 3 is 2.98 bits per heavy atom. The van der Waals surface area contributed by atoms with E-state index in [4.69, 9.17) is 9.72 Å². The minimum absolute atomic E-state index is 0.315. The highest BCUT2D eigenvalue weighted by Crippen LogP contribution is 2.21. The normalized spacial score (nSPS) is 13.5. The van der Waals surface area contributed by atoms with Gasteiger partial charge in [0.25, 0.3) is 0 Å². The number of rotatable bonds is 15. The molecule has 0 saturated carbocycles. The standard InChI is InChI=1S/C29H36FN9O3/c1-38-26-25(18-35-38)33-19-34-28(26)37-24(29(40)41)9-12-39(13-14-42-23-15-21(30)16-31-17-23)11-3-2-6-22-8-7-20-5-4-10-32-27(20)36-22/h7-8,15-19,24H,2-6,9-14H2,1H3,(H,32,36)(H,40,41)(H,33,34,37). The molecule has 222 valence electrons. The summed E-state index contributed by atoms with van der Waals surface area (Å²) >= 11 is 0. The van der Waals surface area contributed by atoms with Crippen molar-refractivity contribution < 1.29 is 19.0 Å². The van der Waals surface area contributed by atoms with Gasteiger partial charge in [0, 0.05) is 38.4 Å². The predicted molar refractivity (Wildman–Crippen MR) is 156 cm³/mol. The van der Waals surface area contributed by atoms with Crippen LogP contribution in [0.4, 0.5) is 16.0 Å². The maximum absolute atomic E-state index is 13.5. The molecule has 4 aromatic heterocycles. The lowest BCUT2D eigenvalue weighted by molar-refractivity contribution is -0.138. The second-order valence-corrected chi connectivity index (χ2v) is 10.4. The van der Waals surface area contributed by atoms with Crippen molar-refractivity contribution in [2.75, 3.05) is 43.4 Å². The topological polar surface area (TPSA) is 143 Å². The van der Waals surface area contributed by atoms with Crippen LogP contribution in [0.25, 0.3) is 11.0 Å². The van der Waals surface area contributed by atoms with Crippen molar-refractivity contribution in [2.45, 2.75) is 44.6 Å². The molecule has 13 heteroatoms. The number of carboxylic acids is 1. The maximum atomic E-state index is 13.5. The molecule has 0 aliphatic carbocycles. The molecule has 0 radical (unpaired) electrons. The predicted octanol–water partition coefficient (Wildman–Crippen LogP) is 3.31. The lowest BCUT2D eigenvalue weighted by atomic mass is 10.1.